The third-order valence-electron chi connectivity index (χ3n) is 5.16. The van der Waals surface area contributed by atoms with Gasteiger partial charge in [-0.05, 0) is 77.4 Å². The summed E-state index contributed by atoms with van der Waals surface area (Å²) in [6, 6.07) is 3.61. The van der Waals surface area contributed by atoms with E-state index in [4.69, 9.17) is 14.2 Å². The number of methoxy groups -OCH3 is 2. The Bertz CT molecular complexity index is 1010. The summed E-state index contributed by atoms with van der Waals surface area (Å²) in [4.78, 5) is 26.5. The van der Waals surface area contributed by atoms with Crippen molar-refractivity contribution in [1.29, 1.82) is 0 Å². The highest BCUT2D eigenvalue weighted by atomic mass is 79.9. The number of rotatable bonds is 7. The maximum atomic E-state index is 12.7. The molecule has 0 radical (unpaired) electrons. The van der Waals surface area contributed by atoms with E-state index in [1.165, 1.54) is 17.4 Å². The molecule has 1 aliphatic rings. The fourth-order valence-corrected chi connectivity index (χ4v) is 5.74. The standard InChI is InChI=1S/C23H26BrNO5S/c1-5-30-23(27)20-19-13(2)7-6-8-17(19)31-22(20)25-18(26)10-9-14-11-15(24)21(29-4)16(12-14)28-3/h9-13H,5-8H2,1-4H3,(H,25,26). The van der Waals surface area contributed by atoms with Crippen LogP contribution in [0.5, 0.6) is 11.5 Å². The molecule has 8 heteroatoms. The van der Waals surface area contributed by atoms with E-state index in [2.05, 4.69) is 28.2 Å². The number of fused-ring (bicyclic) bond motifs is 1. The van der Waals surface area contributed by atoms with Crippen molar-refractivity contribution in [2.75, 3.05) is 26.1 Å². The van der Waals surface area contributed by atoms with Crippen molar-refractivity contribution in [3.63, 3.8) is 0 Å². The minimum absolute atomic E-state index is 0.268. The number of hydrogen-bond donors (Lipinski definition) is 1. The van der Waals surface area contributed by atoms with Gasteiger partial charge in [-0.15, -0.1) is 11.3 Å². The number of thiophene rings is 1. The Labute approximate surface area is 194 Å². The molecule has 0 fully saturated rings. The van der Waals surface area contributed by atoms with E-state index in [-0.39, 0.29) is 17.8 Å². The Balaban J connectivity index is 1.85. The van der Waals surface area contributed by atoms with Gasteiger partial charge in [0, 0.05) is 11.0 Å². The molecule has 0 saturated carbocycles. The number of amides is 1. The van der Waals surface area contributed by atoms with Gasteiger partial charge >= 0.3 is 5.97 Å². The highest BCUT2D eigenvalue weighted by molar-refractivity contribution is 9.10. The summed E-state index contributed by atoms with van der Waals surface area (Å²) in [5, 5.41) is 3.44. The fraction of sp³-hybridized carbons (Fsp3) is 0.391. The van der Waals surface area contributed by atoms with Crippen molar-refractivity contribution in [3.8, 4) is 11.5 Å². The molecule has 1 unspecified atom stereocenters. The third-order valence-corrected chi connectivity index (χ3v) is 6.92. The second-order valence-corrected chi connectivity index (χ2v) is 9.18. The number of ether oxygens (including phenoxy) is 3. The number of nitrogens with one attached hydrogen (secondary N) is 1. The van der Waals surface area contributed by atoms with Crippen LogP contribution in [0.1, 0.15) is 59.0 Å². The third kappa shape index (κ3) is 5.13. The largest absolute Gasteiger partial charge is 0.493 e. The SMILES string of the molecule is CCOC(=O)c1c(NC(=O)C=Cc2cc(Br)c(OC)c(OC)c2)sc2c1C(C)CCC2. The van der Waals surface area contributed by atoms with E-state index in [9.17, 15) is 9.59 Å². The first-order valence-corrected chi connectivity index (χ1v) is 11.7. The fourth-order valence-electron chi connectivity index (χ4n) is 3.76. The first kappa shape index (κ1) is 23.3. The average Bonchev–Trinajstić information content (AvgIpc) is 3.11. The molecule has 0 aliphatic heterocycles. The molecule has 0 bridgehead atoms. The Kier molecular flexibility index (Phi) is 7.78. The van der Waals surface area contributed by atoms with E-state index in [1.807, 2.05) is 6.07 Å². The molecular formula is C23H26BrNO5S. The maximum Gasteiger partial charge on any atom is 0.341 e. The summed E-state index contributed by atoms with van der Waals surface area (Å²) in [5.41, 5.74) is 2.30. The zero-order valence-electron chi connectivity index (χ0n) is 18.0. The molecule has 1 heterocycles. The molecule has 0 saturated heterocycles. The first-order valence-electron chi connectivity index (χ1n) is 10.1. The van der Waals surface area contributed by atoms with Gasteiger partial charge in [0.25, 0.3) is 0 Å². The molecule has 1 aromatic heterocycles. The molecule has 1 aromatic carbocycles. The van der Waals surface area contributed by atoms with Crippen molar-refractivity contribution in [2.24, 2.45) is 0 Å². The molecule has 1 atom stereocenters. The van der Waals surface area contributed by atoms with Crippen molar-refractivity contribution >= 4 is 50.2 Å². The van der Waals surface area contributed by atoms with Gasteiger partial charge in [0.1, 0.15) is 5.00 Å². The van der Waals surface area contributed by atoms with Crippen LogP contribution in [0.15, 0.2) is 22.7 Å². The second-order valence-electron chi connectivity index (χ2n) is 7.22. The van der Waals surface area contributed by atoms with Crippen LogP contribution in [0.4, 0.5) is 5.00 Å². The summed E-state index contributed by atoms with van der Waals surface area (Å²) in [5.74, 6) is 0.715. The van der Waals surface area contributed by atoms with E-state index >= 15 is 0 Å². The number of halogens is 1. The number of esters is 1. The minimum atomic E-state index is -0.378. The lowest BCUT2D eigenvalue weighted by atomic mass is 9.86. The molecule has 1 amide bonds. The number of carbonyl (C=O) groups is 2. The van der Waals surface area contributed by atoms with Crippen LogP contribution in [0.3, 0.4) is 0 Å². The molecule has 1 N–H and O–H groups in total. The summed E-state index contributed by atoms with van der Waals surface area (Å²) >= 11 is 4.92. The number of benzene rings is 1. The van der Waals surface area contributed by atoms with Crippen LogP contribution in [0.2, 0.25) is 0 Å². The molecule has 2 aromatic rings. The van der Waals surface area contributed by atoms with Crippen LogP contribution >= 0.6 is 27.3 Å². The van der Waals surface area contributed by atoms with Crippen molar-refractivity contribution in [2.45, 2.75) is 39.0 Å². The molecular weight excluding hydrogens is 482 g/mol. The topological polar surface area (TPSA) is 73.9 Å². The van der Waals surface area contributed by atoms with Crippen molar-refractivity contribution in [3.05, 3.63) is 44.2 Å². The highest BCUT2D eigenvalue weighted by Crippen LogP contribution is 2.43. The zero-order valence-corrected chi connectivity index (χ0v) is 20.4. The van der Waals surface area contributed by atoms with Crippen LogP contribution in [0, 0.1) is 0 Å². The quantitative estimate of drug-likeness (QED) is 0.378. The lowest BCUT2D eigenvalue weighted by Gasteiger charge is -2.19. The van der Waals surface area contributed by atoms with Gasteiger partial charge in [0.15, 0.2) is 11.5 Å². The lowest BCUT2D eigenvalue weighted by Crippen LogP contribution is -2.15. The van der Waals surface area contributed by atoms with Crippen LogP contribution in [-0.4, -0.2) is 32.7 Å². The number of aryl methyl sites for hydroxylation is 1. The monoisotopic (exact) mass is 507 g/mol. The van der Waals surface area contributed by atoms with Crippen LogP contribution < -0.4 is 14.8 Å². The maximum absolute atomic E-state index is 12.7. The van der Waals surface area contributed by atoms with E-state index in [1.54, 1.807) is 33.3 Å². The van der Waals surface area contributed by atoms with Crippen molar-refractivity contribution in [1.82, 2.24) is 0 Å². The summed E-state index contributed by atoms with van der Waals surface area (Å²) < 4.78 is 16.7. The van der Waals surface area contributed by atoms with Gasteiger partial charge in [0.2, 0.25) is 5.91 Å². The lowest BCUT2D eigenvalue weighted by molar-refractivity contribution is -0.111. The van der Waals surface area contributed by atoms with Crippen molar-refractivity contribution < 1.29 is 23.8 Å². The molecule has 6 nitrogen and oxygen atoms in total. The zero-order chi connectivity index (χ0) is 22.5. The first-order chi connectivity index (χ1) is 14.9. The summed E-state index contributed by atoms with van der Waals surface area (Å²) in [7, 11) is 3.12. The predicted molar refractivity (Wildman–Crippen MR) is 127 cm³/mol. The minimum Gasteiger partial charge on any atom is -0.493 e. The smallest absolute Gasteiger partial charge is 0.341 e. The van der Waals surface area contributed by atoms with E-state index in [0.29, 0.717) is 28.7 Å². The van der Waals surface area contributed by atoms with Gasteiger partial charge in [-0.1, -0.05) is 6.92 Å². The second kappa shape index (κ2) is 10.3. The van der Waals surface area contributed by atoms with E-state index < -0.39 is 0 Å². The van der Waals surface area contributed by atoms with Gasteiger partial charge in [-0.25, -0.2) is 4.79 Å². The Hall–Kier alpha value is -2.32. The van der Waals surface area contributed by atoms with Gasteiger partial charge < -0.3 is 19.5 Å². The average molecular weight is 508 g/mol. The number of carbonyl (C=O) groups excluding carboxylic acids is 2. The van der Waals surface area contributed by atoms with Crippen LogP contribution in [0.25, 0.3) is 6.08 Å². The van der Waals surface area contributed by atoms with E-state index in [0.717, 1.165) is 39.7 Å². The Morgan fingerprint density at radius 3 is 2.74 bits per heavy atom. The molecule has 0 spiro atoms. The molecule has 31 heavy (non-hydrogen) atoms. The van der Waals surface area contributed by atoms with Gasteiger partial charge in [0.05, 0.1) is 30.9 Å². The number of hydrogen-bond acceptors (Lipinski definition) is 6. The molecule has 3 rings (SSSR count). The highest BCUT2D eigenvalue weighted by Gasteiger charge is 2.30. The summed E-state index contributed by atoms with van der Waals surface area (Å²) in [6.07, 6.45) is 6.14. The molecule has 1 aliphatic carbocycles. The summed E-state index contributed by atoms with van der Waals surface area (Å²) in [6.45, 7) is 4.19. The van der Waals surface area contributed by atoms with Crippen LogP contribution in [-0.2, 0) is 16.0 Å². The van der Waals surface area contributed by atoms with Gasteiger partial charge in [-0.3, -0.25) is 4.79 Å². The Morgan fingerprint density at radius 2 is 2.06 bits per heavy atom. The predicted octanol–water partition coefficient (Wildman–Crippen LogP) is 5.80. The normalized spacial score (nSPS) is 15.5. The number of anilines is 1. The Morgan fingerprint density at radius 1 is 1.29 bits per heavy atom. The van der Waals surface area contributed by atoms with Gasteiger partial charge in [-0.2, -0.15) is 0 Å². The molecule has 166 valence electrons.